The summed E-state index contributed by atoms with van der Waals surface area (Å²) in [6.45, 7) is 0.130. The second-order valence-electron chi connectivity index (χ2n) is 3.08. The van der Waals surface area contributed by atoms with Gasteiger partial charge in [0.05, 0.1) is 5.56 Å². The van der Waals surface area contributed by atoms with Gasteiger partial charge in [0.1, 0.15) is 0 Å². The molecule has 6 heteroatoms. The maximum atomic E-state index is 12.3. The van der Waals surface area contributed by atoms with Crippen LogP contribution in [0.15, 0.2) is 18.2 Å². The summed E-state index contributed by atoms with van der Waals surface area (Å²) in [6, 6.07) is 2.51. The van der Waals surface area contributed by atoms with Crippen molar-refractivity contribution in [3.63, 3.8) is 0 Å². The molecule has 0 unspecified atom stereocenters. The van der Waals surface area contributed by atoms with Gasteiger partial charge in [0.2, 0.25) is 0 Å². The van der Waals surface area contributed by atoms with Gasteiger partial charge < -0.3 is 11.5 Å². The molecule has 0 amide bonds. The number of halogens is 4. The molecule has 1 aromatic carbocycles. The Labute approximate surface area is 90.0 Å². The van der Waals surface area contributed by atoms with Gasteiger partial charge in [-0.2, -0.15) is 13.2 Å². The largest absolute Gasteiger partial charge is 0.416 e. The number of nitrogens with two attached hydrogens (primary N) is 2. The van der Waals surface area contributed by atoms with Gasteiger partial charge in [0.25, 0.3) is 0 Å². The first-order valence-corrected chi connectivity index (χ1v) is 4.56. The fourth-order valence-corrected chi connectivity index (χ4v) is 1.45. The van der Waals surface area contributed by atoms with Crippen molar-refractivity contribution in [3.05, 3.63) is 34.3 Å². The predicted octanol–water partition coefficient (Wildman–Crippen LogP) is 2.32. The summed E-state index contributed by atoms with van der Waals surface area (Å²) >= 11 is 5.67. The van der Waals surface area contributed by atoms with Crippen LogP contribution in [-0.4, -0.2) is 6.54 Å². The minimum Gasteiger partial charge on any atom is -0.329 e. The van der Waals surface area contributed by atoms with Crippen molar-refractivity contribution in [3.8, 4) is 0 Å². The molecule has 0 aliphatic rings. The van der Waals surface area contributed by atoms with Gasteiger partial charge in [-0.25, -0.2) is 0 Å². The second kappa shape index (κ2) is 4.38. The molecule has 84 valence electrons. The third-order valence-electron chi connectivity index (χ3n) is 1.98. The molecular weight excluding hydrogens is 229 g/mol. The Kier molecular flexibility index (Phi) is 3.59. The molecule has 1 rings (SSSR count). The summed E-state index contributed by atoms with van der Waals surface area (Å²) in [7, 11) is 0. The van der Waals surface area contributed by atoms with E-state index >= 15 is 0 Å². The van der Waals surface area contributed by atoms with Crippen LogP contribution in [0.1, 0.15) is 17.2 Å². The molecule has 0 heterocycles. The van der Waals surface area contributed by atoms with Gasteiger partial charge in [-0.05, 0) is 17.7 Å². The number of hydrogen-bond acceptors (Lipinski definition) is 2. The Bertz CT molecular complexity index is 352. The molecule has 0 aliphatic carbocycles. The van der Waals surface area contributed by atoms with Gasteiger partial charge in [0.15, 0.2) is 0 Å². The van der Waals surface area contributed by atoms with E-state index in [9.17, 15) is 13.2 Å². The molecule has 1 aromatic rings. The third kappa shape index (κ3) is 2.84. The Morgan fingerprint density at radius 3 is 2.33 bits per heavy atom. The smallest absolute Gasteiger partial charge is 0.329 e. The molecule has 1 atom stereocenters. The van der Waals surface area contributed by atoms with Crippen LogP contribution in [0.25, 0.3) is 0 Å². The summed E-state index contributed by atoms with van der Waals surface area (Å²) in [5.41, 5.74) is 10.5. The molecule has 2 nitrogen and oxygen atoms in total. The van der Waals surface area contributed by atoms with Crippen LogP contribution in [0.3, 0.4) is 0 Å². The first-order valence-electron chi connectivity index (χ1n) is 4.18. The van der Waals surface area contributed by atoms with E-state index in [1.807, 2.05) is 0 Å². The molecule has 4 N–H and O–H groups in total. The van der Waals surface area contributed by atoms with E-state index in [1.165, 1.54) is 6.07 Å². The first-order chi connectivity index (χ1) is 6.86. The number of benzene rings is 1. The average Bonchev–Trinajstić information content (AvgIpc) is 2.15. The quantitative estimate of drug-likeness (QED) is 0.831. The fourth-order valence-electron chi connectivity index (χ4n) is 1.13. The van der Waals surface area contributed by atoms with Gasteiger partial charge in [-0.3, -0.25) is 0 Å². The molecule has 15 heavy (non-hydrogen) atoms. The SMILES string of the molecule is NC[C@H](N)c1ccc(C(F)(F)F)cc1Cl. The van der Waals surface area contributed by atoms with Crippen LogP contribution < -0.4 is 11.5 Å². The van der Waals surface area contributed by atoms with Crippen molar-refractivity contribution in [1.29, 1.82) is 0 Å². The van der Waals surface area contributed by atoms with Crippen LogP contribution >= 0.6 is 11.6 Å². The minimum absolute atomic E-state index is 0.0113. The Balaban J connectivity index is 3.09. The molecule has 0 bridgehead atoms. The standard InChI is InChI=1S/C9H10ClF3N2/c10-7-3-5(9(11,12)13)1-2-6(7)8(15)4-14/h1-3,8H,4,14-15H2/t8-/m0/s1. The molecule has 0 aromatic heterocycles. The molecular formula is C9H10ClF3N2. The van der Waals surface area contributed by atoms with Crippen molar-refractivity contribution in [2.75, 3.05) is 6.54 Å². The average molecular weight is 239 g/mol. The number of rotatable bonds is 2. The monoisotopic (exact) mass is 238 g/mol. The van der Waals surface area contributed by atoms with Crippen LogP contribution in [0.4, 0.5) is 13.2 Å². The van der Waals surface area contributed by atoms with Gasteiger partial charge in [0, 0.05) is 17.6 Å². The minimum atomic E-state index is -4.39. The summed E-state index contributed by atoms with van der Waals surface area (Å²) in [4.78, 5) is 0. The Morgan fingerprint density at radius 2 is 1.93 bits per heavy atom. The molecule has 0 saturated carbocycles. The van der Waals surface area contributed by atoms with Crippen molar-refractivity contribution < 1.29 is 13.2 Å². The third-order valence-corrected chi connectivity index (χ3v) is 2.31. The molecule has 0 aliphatic heterocycles. The highest BCUT2D eigenvalue weighted by Crippen LogP contribution is 2.33. The summed E-state index contributed by atoms with van der Waals surface area (Å²) in [6.07, 6.45) is -4.39. The van der Waals surface area contributed by atoms with E-state index in [4.69, 9.17) is 23.1 Å². The molecule has 0 saturated heterocycles. The second-order valence-corrected chi connectivity index (χ2v) is 3.48. The van der Waals surface area contributed by atoms with E-state index in [0.29, 0.717) is 5.56 Å². The van der Waals surface area contributed by atoms with Crippen LogP contribution in [0, 0.1) is 0 Å². The molecule has 0 fully saturated rings. The zero-order valence-electron chi connectivity index (χ0n) is 7.68. The zero-order chi connectivity index (χ0) is 11.6. The lowest BCUT2D eigenvalue weighted by Gasteiger charge is -2.13. The van der Waals surface area contributed by atoms with E-state index < -0.39 is 17.8 Å². The number of alkyl halides is 3. The van der Waals surface area contributed by atoms with Crippen molar-refractivity contribution >= 4 is 11.6 Å². The normalized spacial score (nSPS) is 14.0. The van der Waals surface area contributed by atoms with Crippen LogP contribution in [-0.2, 0) is 6.18 Å². The van der Waals surface area contributed by atoms with Crippen molar-refractivity contribution in [2.45, 2.75) is 12.2 Å². The highest BCUT2D eigenvalue weighted by molar-refractivity contribution is 6.31. The topological polar surface area (TPSA) is 52.0 Å². The lowest BCUT2D eigenvalue weighted by molar-refractivity contribution is -0.137. The summed E-state index contributed by atoms with van der Waals surface area (Å²) < 4.78 is 36.8. The summed E-state index contributed by atoms with van der Waals surface area (Å²) in [5, 5.41) is -0.0113. The van der Waals surface area contributed by atoms with Crippen molar-refractivity contribution in [1.82, 2.24) is 0 Å². The Hall–Kier alpha value is -0.780. The highest BCUT2D eigenvalue weighted by atomic mass is 35.5. The van der Waals surface area contributed by atoms with Crippen molar-refractivity contribution in [2.24, 2.45) is 11.5 Å². The maximum Gasteiger partial charge on any atom is 0.416 e. The van der Waals surface area contributed by atoms with E-state index in [-0.39, 0.29) is 11.6 Å². The van der Waals surface area contributed by atoms with Gasteiger partial charge in [-0.1, -0.05) is 17.7 Å². The van der Waals surface area contributed by atoms with E-state index in [0.717, 1.165) is 12.1 Å². The molecule has 0 radical (unpaired) electrons. The maximum absolute atomic E-state index is 12.3. The van der Waals surface area contributed by atoms with E-state index in [2.05, 4.69) is 0 Å². The summed E-state index contributed by atoms with van der Waals surface area (Å²) in [5.74, 6) is 0. The zero-order valence-corrected chi connectivity index (χ0v) is 8.44. The fraction of sp³-hybridized carbons (Fsp3) is 0.333. The lowest BCUT2D eigenvalue weighted by Crippen LogP contribution is -2.21. The Morgan fingerprint density at radius 1 is 1.33 bits per heavy atom. The highest BCUT2D eigenvalue weighted by Gasteiger charge is 2.31. The lowest BCUT2D eigenvalue weighted by atomic mass is 10.1. The number of hydrogen-bond donors (Lipinski definition) is 2. The van der Waals surface area contributed by atoms with Crippen LogP contribution in [0.2, 0.25) is 5.02 Å². The van der Waals surface area contributed by atoms with Crippen LogP contribution in [0.5, 0.6) is 0 Å². The van der Waals surface area contributed by atoms with Gasteiger partial charge in [-0.15, -0.1) is 0 Å². The first kappa shape index (κ1) is 12.3. The van der Waals surface area contributed by atoms with Gasteiger partial charge >= 0.3 is 6.18 Å². The molecule has 0 spiro atoms. The van der Waals surface area contributed by atoms with E-state index in [1.54, 1.807) is 0 Å². The predicted molar refractivity (Wildman–Crippen MR) is 52.4 cm³/mol.